The Morgan fingerprint density at radius 1 is 1.33 bits per heavy atom. The maximum atomic E-state index is 10.7. The first-order chi connectivity index (χ1) is 5.92. The Morgan fingerprint density at radius 2 is 2.17 bits per heavy atom. The van der Waals surface area contributed by atoms with Gasteiger partial charge in [0.25, 0.3) is 0 Å². The van der Waals surface area contributed by atoms with Crippen LogP contribution in [0.25, 0.3) is 0 Å². The minimum Gasteiger partial charge on any atom is -0.298 e. The van der Waals surface area contributed by atoms with Crippen LogP contribution < -0.4 is 0 Å². The van der Waals surface area contributed by atoms with Gasteiger partial charge >= 0.3 is 0 Å². The predicted molar refractivity (Wildman–Crippen MR) is 48.7 cm³/mol. The molecule has 0 aromatic heterocycles. The third-order valence-electron chi connectivity index (χ3n) is 3.03. The summed E-state index contributed by atoms with van der Waals surface area (Å²) in [7, 11) is 0. The van der Waals surface area contributed by atoms with Gasteiger partial charge in [0, 0.05) is 0 Å². The summed E-state index contributed by atoms with van der Waals surface area (Å²) >= 11 is 0. The zero-order chi connectivity index (χ0) is 8.39. The lowest BCUT2D eigenvalue weighted by atomic mass is 9.73. The summed E-state index contributed by atoms with van der Waals surface area (Å²) in [6.07, 6.45) is 12.4. The van der Waals surface area contributed by atoms with E-state index in [2.05, 4.69) is 6.08 Å². The number of carbonyl (C=O) groups excluding carboxylic acids is 1. The largest absolute Gasteiger partial charge is 0.298 e. The van der Waals surface area contributed by atoms with Gasteiger partial charge in [-0.3, -0.25) is 4.79 Å². The molecule has 0 amide bonds. The molecule has 64 valence electrons. The fraction of sp³-hybridized carbons (Fsp3) is 0.545. The zero-order valence-electron chi connectivity index (χ0n) is 7.20. The zero-order valence-corrected chi connectivity index (χ0v) is 7.20. The van der Waals surface area contributed by atoms with E-state index in [1.807, 2.05) is 12.2 Å². The van der Waals surface area contributed by atoms with Crippen molar-refractivity contribution in [3.8, 4) is 0 Å². The van der Waals surface area contributed by atoms with Crippen molar-refractivity contribution in [2.24, 2.45) is 11.8 Å². The molecule has 2 aliphatic rings. The van der Waals surface area contributed by atoms with Crippen LogP contribution in [0.3, 0.4) is 0 Å². The minimum absolute atomic E-state index is 0.543. The van der Waals surface area contributed by atoms with Crippen molar-refractivity contribution in [1.82, 2.24) is 0 Å². The number of allylic oxidation sites excluding steroid dienone is 4. The molecule has 2 aliphatic carbocycles. The Labute approximate surface area is 73.2 Å². The van der Waals surface area contributed by atoms with Gasteiger partial charge < -0.3 is 0 Å². The van der Waals surface area contributed by atoms with Crippen LogP contribution in [0.1, 0.15) is 25.7 Å². The van der Waals surface area contributed by atoms with Crippen LogP contribution in [0.5, 0.6) is 0 Å². The monoisotopic (exact) mass is 162 g/mol. The highest BCUT2D eigenvalue weighted by Crippen LogP contribution is 2.37. The molecule has 0 radical (unpaired) electrons. The molecular formula is C11H14O. The second-order valence-electron chi connectivity index (χ2n) is 3.72. The molecule has 2 rings (SSSR count). The van der Waals surface area contributed by atoms with E-state index in [9.17, 15) is 4.79 Å². The summed E-state index contributed by atoms with van der Waals surface area (Å²) in [4.78, 5) is 10.7. The first-order valence-electron chi connectivity index (χ1n) is 4.75. The molecule has 0 N–H and O–H groups in total. The molecule has 0 unspecified atom stereocenters. The summed E-state index contributed by atoms with van der Waals surface area (Å²) in [6.45, 7) is 0. The molecule has 1 nitrogen and oxygen atoms in total. The van der Waals surface area contributed by atoms with E-state index < -0.39 is 0 Å². The molecule has 1 fully saturated rings. The molecule has 0 aromatic carbocycles. The van der Waals surface area contributed by atoms with Crippen LogP contribution in [0, 0.1) is 11.8 Å². The Balaban J connectivity index is 2.19. The van der Waals surface area contributed by atoms with Gasteiger partial charge in [-0.05, 0) is 30.3 Å². The Morgan fingerprint density at radius 3 is 3.00 bits per heavy atom. The molecule has 2 atom stereocenters. The Hall–Kier alpha value is -0.850. The van der Waals surface area contributed by atoms with Gasteiger partial charge in [0.15, 0.2) is 0 Å². The molecule has 1 saturated carbocycles. The SMILES string of the molecule is O=CC1=CC=C[C@H]2CCCC[C@@H]12. The van der Waals surface area contributed by atoms with Crippen LogP contribution in [0.4, 0.5) is 0 Å². The quantitative estimate of drug-likeness (QED) is 0.541. The summed E-state index contributed by atoms with van der Waals surface area (Å²) in [6, 6.07) is 0. The Bertz CT molecular complexity index is 237. The summed E-state index contributed by atoms with van der Waals surface area (Å²) in [5.74, 6) is 1.20. The molecule has 0 heterocycles. The Kier molecular flexibility index (Phi) is 2.11. The molecule has 0 saturated heterocycles. The smallest absolute Gasteiger partial charge is 0.146 e. The number of hydrogen-bond donors (Lipinski definition) is 0. The van der Waals surface area contributed by atoms with Gasteiger partial charge in [-0.1, -0.05) is 31.1 Å². The van der Waals surface area contributed by atoms with Crippen LogP contribution in [0.15, 0.2) is 23.8 Å². The summed E-state index contributed by atoms with van der Waals surface area (Å²) in [5.41, 5.74) is 1.02. The van der Waals surface area contributed by atoms with Gasteiger partial charge in [0.2, 0.25) is 0 Å². The lowest BCUT2D eigenvalue weighted by Crippen LogP contribution is -2.22. The lowest BCUT2D eigenvalue weighted by molar-refractivity contribution is -0.105. The van der Waals surface area contributed by atoms with E-state index in [1.165, 1.54) is 25.7 Å². The second kappa shape index (κ2) is 3.26. The lowest BCUT2D eigenvalue weighted by Gasteiger charge is -2.31. The minimum atomic E-state index is 0.543. The molecule has 1 heteroatoms. The highest BCUT2D eigenvalue weighted by Gasteiger charge is 2.27. The normalized spacial score (nSPS) is 33.8. The van der Waals surface area contributed by atoms with E-state index in [-0.39, 0.29) is 0 Å². The topological polar surface area (TPSA) is 17.1 Å². The summed E-state index contributed by atoms with van der Waals surface area (Å²) in [5, 5.41) is 0. The van der Waals surface area contributed by atoms with Gasteiger partial charge in [-0.25, -0.2) is 0 Å². The van der Waals surface area contributed by atoms with Crippen molar-refractivity contribution in [3.05, 3.63) is 23.8 Å². The first-order valence-corrected chi connectivity index (χ1v) is 4.75. The third-order valence-corrected chi connectivity index (χ3v) is 3.03. The predicted octanol–water partition coefficient (Wildman–Crippen LogP) is 2.49. The van der Waals surface area contributed by atoms with Crippen molar-refractivity contribution < 1.29 is 4.79 Å². The van der Waals surface area contributed by atoms with Crippen molar-refractivity contribution in [3.63, 3.8) is 0 Å². The van der Waals surface area contributed by atoms with Crippen molar-refractivity contribution in [1.29, 1.82) is 0 Å². The van der Waals surface area contributed by atoms with E-state index in [0.29, 0.717) is 11.8 Å². The van der Waals surface area contributed by atoms with Gasteiger partial charge in [-0.2, -0.15) is 0 Å². The van der Waals surface area contributed by atoms with Crippen LogP contribution in [-0.4, -0.2) is 6.29 Å². The van der Waals surface area contributed by atoms with Crippen molar-refractivity contribution in [2.45, 2.75) is 25.7 Å². The number of rotatable bonds is 1. The van der Waals surface area contributed by atoms with Gasteiger partial charge in [0.05, 0.1) is 0 Å². The maximum absolute atomic E-state index is 10.7. The molecule has 0 aliphatic heterocycles. The fourth-order valence-corrected chi connectivity index (χ4v) is 2.36. The van der Waals surface area contributed by atoms with E-state index >= 15 is 0 Å². The number of aldehydes is 1. The second-order valence-corrected chi connectivity index (χ2v) is 3.72. The van der Waals surface area contributed by atoms with E-state index in [4.69, 9.17) is 0 Å². The van der Waals surface area contributed by atoms with Crippen LogP contribution >= 0.6 is 0 Å². The van der Waals surface area contributed by atoms with Crippen LogP contribution in [-0.2, 0) is 4.79 Å². The van der Waals surface area contributed by atoms with Crippen molar-refractivity contribution in [2.75, 3.05) is 0 Å². The number of hydrogen-bond acceptors (Lipinski definition) is 1. The number of carbonyl (C=O) groups is 1. The average molecular weight is 162 g/mol. The molecule has 0 aromatic rings. The summed E-state index contributed by atoms with van der Waals surface area (Å²) < 4.78 is 0. The average Bonchev–Trinajstić information content (AvgIpc) is 2.17. The highest BCUT2D eigenvalue weighted by molar-refractivity contribution is 5.75. The third kappa shape index (κ3) is 1.24. The molecule has 12 heavy (non-hydrogen) atoms. The van der Waals surface area contributed by atoms with E-state index in [0.717, 1.165) is 11.9 Å². The molecular weight excluding hydrogens is 148 g/mol. The van der Waals surface area contributed by atoms with E-state index in [1.54, 1.807) is 0 Å². The fourth-order valence-electron chi connectivity index (χ4n) is 2.36. The molecule has 0 bridgehead atoms. The van der Waals surface area contributed by atoms with Crippen molar-refractivity contribution >= 4 is 6.29 Å². The standard InChI is InChI=1S/C11H14O/c12-8-10-6-3-5-9-4-1-2-7-11(9)10/h3,5-6,8-9,11H,1-2,4,7H2/t9-,11-/m1/s1. The van der Waals surface area contributed by atoms with Gasteiger partial charge in [-0.15, -0.1) is 0 Å². The highest BCUT2D eigenvalue weighted by atomic mass is 16.1. The number of fused-ring (bicyclic) bond motifs is 1. The van der Waals surface area contributed by atoms with Crippen LogP contribution in [0.2, 0.25) is 0 Å². The first kappa shape index (κ1) is 7.78. The van der Waals surface area contributed by atoms with Gasteiger partial charge in [0.1, 0.15) is 6.29 Å². The maximum Gasteiger partial charge on any atom is 0.146 e. The molecule has 0 spiro atoms.